The molecule has 1 aliphatic rings. The second-order valence-electron chi connectivity index (χ2n) is 7.21. The molecule has 2 aromatic rings. The Kier molecular flexibility index (Phi) is 8.25. The minimum absolute atomic E-state index is 0.00191. The first kappa shape index (κ1) is 22.9. The molecule has 1 fully saturated rings. The fourth-order valence-electron chi connectivity index (χ4n) is 3.34. The SMILES string of the molecule is CCOc1cc(/C=C(/C#N)C(=O)NCC2CCCO2)ccc1OCc1ccccc1C#N. The van der Waals surface area contributed by atoms with Gasteiger partial charge in [0.25, 0.3) is 5.91 Å². The fourth-order valence-corrected chi connectivity index (χ4v) is 3.34. The Bertz CT molecular complexity index is 1060. The van der Waals surface area contributed by atoms with Gasteiger partial charge in [-0.2, -0.15) is 10.5 Å². The van der Waals surface area contributed by atoms with Gasteiger partial charge in [-0.15, -0.1) is 0 Å². The number of rotatable bonds is 9. The summed E-state index contributed by atoms with van der Waals surface area (Å²) in [4.78, 5) is 12.4. The van der Waals surface area contributed by atoms with Gasteiger partial charge in [0.2, 0.25) is 0 Å². The van der Waals surface area contributed by atoms with E-state index in [0.717, 1.165) is 18.4 Å². The van der Waals surface area contributed by atoms with Crippen LogP contribution in [-0.4, -0.2) is 31.8 Å². The van der Waals surface area contributed by atoms with E-state index in [2.05, 4.69) is 11.4 Å². The molecule has 0 spiro atoms. The number of amides is 1. The molecule has 0 radical (unpaired) electrons. The lowest BCUT2D eigenvalue weighted by Crippen LogP contribution is -2.32. The van der Waals surface area contributed by atoms with E-state index in [0.29, 0.717) is 42.4 Å². The Labute approximate surface area is 187 Å². The molecule has 1 saturated heterocycles. The molecule has 0 aliphatic carbocycles. The molecular formula is C25H25N3O4. The predicted octanol–water partition coefficient (Wildman–Crippen LogP) is 3.74. The monoisotopic (exact) mass is 431 g/mol. The van der Waals surface area contributed by atoms with Crippen molar-refractivity contribution in [2.45, 2.75) is 32.5 Å². The summed E-state index contributed by atoms with van der Waals surface area (Å²) in [6, 6.07) is 16.5. The molecular weight excluding hydrogens is 406 g/mol. The van der Waals surface area contributed by atoms with Crippen LogP contribution in [-0.2, 0) is 16.1 Å². The number of nitrogens with one attached hydrogen (secondary N) is 1. The van der Waals surface area contributed by atoms with Crippen molar-refractivity contribution in [2.75, 3.05) is 19.8 Å². The van der Waals surface area contributed by atoms with Gasteiger partial charge in [-0.3, -0.25) is 4.79 Å². The lowest BCUT2D eigenvalue weighted by molar-refractivity contribution is -0.117. The van der Waals surface area contributed by atoms with Crippen LogP contribution < -0.4 is 14.8 Å². The largest absolute Gasteiger partial charge is 0.490 e. The van der Waals surface area contributed by atoms with E-state index >= 15 is 0 Å². The number of carbonyl (C=O) groups excluding carboxylic acids is 1. The van der Waals surface area contributed by atoms with Crippen LogP contribution in [0.4, 0.5) is 0 Å². The third-order valence-electron chi connectivity index (χ3n) is 4.98. The molecule has 32 heavy (non-hydrogen) atoms. The molecule has 7 nitrogen and oxygen atoms in total. The summed E-state index contributed by atoms with van der Waals surface area (Å²) in [5.41, 5.74) is 1.97. The number of hydrogen-bond donors (Lipinski definition) is 1. The van der Waals surface area contributed by atoms with Gasteiger partial charge >= 0.3 is 0 Å². The molecule has 164 valence electrons. The number of hydrogen-bond acceptors (Lipinski definition) is 6. The molecule has 2 aromatic carbocycles. The van der Waals surface area contributed by atoms with Crippen molar-refractivity contribution in [3.63, 3.8) is 0 Å². The molecule has 0 aromatic heterocycles. The number of carbonyl (C=O) groups is 1. The van der Waals surface area contributed by atoms with Crippen molar-refractivity contribution < 1.29 is 19.0 Å². The summed E-state index contributed by atoms with van der Waals surface area (Å²) in [6.07, 6.45) is 3.41. The standard InChI is InChI=1S/C25H25N3O4/c1-2-30-24-13-18(12-21(15-27)25(29)28-16-22-8-5-11-31-22)9-10-23(24)32-17-20-7-4-3-6-19(20)14-26/h3-4,6-7,9-10,12-13,22H,2,5,8,11,16-17H2,1H3,(H,28,29)/b21-12-. The van der Waals surface area contributed by atoms with Gasteiger partial charge in [0.05, 0.1) is 24.3 Å². The summed E-state index contributed by atoms with van der Waals surface area (Å²) >= 11 is 0. The number of nitriles is 2. The maximum Gasteiger partial charge on any atom is 0.262 e. The summed E-state index contributed by atoms with van der Waals surface area (Å²) in [7, 11) is 0. The third-order valence-corrected chi connectivity index (χ3v) is 4.98. The van der Waals surface area contributed by atoms with E-state index in [4.69, 9.17) is 14.2 Å². The minimum atomic E-state index is -0.436. The Morgan fingerprint density at radius 3 is 2.78 bits per heavy atom. The van der Waals surface area contributed by atoms with Crippen molar-refractivity contribution in [1.82, 2.24) is 5.32 Å². The average Bonchev–Trinajstić information content (AvgIpc) is 3.34. The molecule has 1 unspecified atom stereocenters. The zero-order chi connectivity index (χ0) is 22.8. The van der Waals surface area contributed by atoms with Crippen LogP contribution in [0.1, 0.15) is 36.5 Å². The van der Waals surface area contributed by atoms with E-state index in [9.17, 15) is 15.3 Å². The highest BCUT2D eigenvalue weighted by molar-refractivity contribution is 6.01. The van der Waals surface area contributed by atoms with Crippen molar-refractivity contribution in [1.29, 1.82) is 10.5 Å². The van der Waals surface area contributed by atoms with Gasteiger partial charge in [0.15, 0.2) is 11.5 Å². The van der Waals surface area contributed by atoms with E-state index < -0.39 is 5.91 Å². The minimum Gasteiger partial charge on any atom is -0.490 e. The van der Waals surface area contributed by atoms with Crippen molar-refractivity contribution >= 4 is 12.0 Å². The summed E-state index contributed by atoms with van der Waals surface area (Å²) in [5, 5.41) is 21.4. The van der Waals surface area contributed by atoms with Crippen LogP contribution in [0.5, 0.6) is 11.5 Å². The van der Waals surface area contributed by atoms with Gasteiger partial charge in [0, 0.05) is 18.7 Å². The van der Waals surface area contributed by atoms with Crippen LogP contribution in [0.2, 0.25) is 0 Å². The molecule has 1 N–H and O–H groups in total. The summed E-state index contributed by atoms with van der Waals surface area (Å²) < 4.78 is 17.1. The first-order valence-electron chi connectivity index (χ1n) is 10.5. The zero-order valence-electron chi connectivity index (χ0n) is 18.0. The molecule has 1 heterocycles. The van der Waals surface area contributed by atoms with Crippen LogP contribution in [0, 0.1) is 22.7 Å². The maximum atomic E-state index is 12.4. The third kappa shape index (κ3) is 6.10. The molecule has 1 aliphatic heterocycles. The van der Waals surface area contributed by atoms with Gasteiger partial charge in [0.1, 0.15) is 18.2 Å². The highest BCUT2D eigenvalue weighted by Crippen LogP contribution is 2.30. The highest BCUT2D eigenvalue weighted by atomic mass is 16.5. The highest BCUT2D eigenvalue weighted by Gasteiger charge is 2.18. The van der Waals surface area contributed by atoms with Crippen molar-refractivity contribution in [3.8, 4) is 23.6 Å². The van der Waals surface area contributed by atoms with E-state index in [1.807, 2.05) is 25.1 Å². The Morgan fingerprint density at radius 2 is 2.06 bits per heavy atom. The topological polar surface area (TPSA) is 104 Å². The lowest BCUT2D eigenvalue weighted by atomic mass is 10.1. The predicted molar refractivity (Wildman–Crippen MR) is 119 cm³/mol. The fraction of sp³-hybridized carbons (Fsp3) is 0.320. The molecule has 1 atom stereocenters. The first-order chi connectivity index (χ1) is 15.6. The normalized spacial score (nSPS) is 15.5. The van der Waals surface area contributed by atoms with Gasteiger partial charge in [-0.1, -0.05) is 24.3 Å². The number of benzene rings is 2. The Hall–Kier alpha value is -3.81. The Morgan fingerprint density at radius 1 is 1.22 bits per heavy atom. The Balaban J connectivity index is 1.72. The molecule has 0 bridgehead atoms. The van der Waals surface area contributed by atoms with Crippen molar-refractivity contribution in [2.24, 2.45) is 0 Å². The zero-order valence-corrected chi connectivity index (χ0v) is 18.0. The molecule has 1 amide bonds. The van der Waals surface area contributed by atoms with Crippen LogP contribution in [0.25, 0.3) is 6.08 Å². The van der Waals surface area contributed by atoms with Gasteiger partial charge < -0.3 is 19.5 Å². The van der Waals surface area contributed by atoms with Gasteiger partial charge in [-0.05, 0) is 49.6 Å². The van der Waals surface area contributed by atoms with E-state index in [1.165, 1.54) is 6.08 Å². The summed E-state index contributed by atoms with van der Waals surface area (Å²) in [6.45, 7) is 3.59. The molecule has 7 heteroatoms. The smallest absolute Gasteiger partial charge is 0.262 e. The second-order valence-corrected chi connectivity index (χ2v) is 7.21. The first-order valence-corrected chi connectivity index (χ1v) is 10.5. The van der Waals surface area contributed by atoms with Crippen LogP contribution in [0.15, 0.2) is 48.0 Å². The summed E-state index contributed by atoms with van der Waals surface area (Å²) in [5.74, 6) is 0.570. The average molecular weight is 431 g/mol. The molecule has 3 rings (SSSR count). The number of ether oxygens (including phenoxy) is 3. The number of nitrogens with zero attached hydrogens (tertiary/aromatic N) is 2. The van der Waals surface area contributed by atoms with E-state index in [-0.39, 0.29) is 18.3 Å². The van der Waals surface area contributed by atoms with Crippen LogP contribution in [0.3, 0.4) is 0 Å². The lowest BCUT2D eigenvalue weighted by Gasteiger charge is -2.13. The quantitative estimate of drug-likeness (QED) is 0.479. The van der Waals surface area contributed by atoms with Crippen molar-refractivity contribution in [3.05, 3.63) is 64.7 Å². The van der Waals surface area contributed by atoms with Gasteiger partial charge in [-0.25, -0.2) is 0 Å². The van der Waals surface area contributed by atoms with E-state index in [1.54, 1.807) is 30.3 Å². The molecule has 0 saturated carbocycles. The maximum absolute atomic E-state index is 12.4. The second kappa shape index (κ2) is 11.5. The van der Waals surface area contributed by atoms with Crippen LogP contribution >= 0.6 is 0 Å².